The van der Waals surface area contributed by atoms with Crippen molar-refractivity contribution in [2.75, 3.05) is 19.6 Å². The quantitative estimate of drug-likeness (QED) is 0.664. The lowest BCUT2D eigenvalue weighted by Gasteiger charge is -2.49. The number of carbonyl (C=O) groups excluding carboxylic acids is 2. The predicted octanol–water partition coefficient (Wildman–Crippen LogP) is 3.85. The summed E-state index contributed by atoms with van der Waals surface area (Å²) in [5.74, 6) is -1.24. The van der Waals surface area contributed by atoms with Gasteiger partial charge in [0.05, 0.1) is 4.47 Å². The summed E-state index contributed by atoms with van der Waals surface area (Å²) in [6, 6.07) is 10.4. The van der Waals surface area contributed by atoms with Crippen molar-refractivity contribution < 1.29 is 23.5 Å². The fourth-order valence-electron chi connectivity index (χ4n) is 5.02. The predicted molar refractivity (Wildman–Crippen MR) is 119 cm³/mol. The molecule has 1 unspecified atom stereocenters. The summed E-state index contributed by atoms with van der Waals surface area (Å²) in [7, 11) is 0. The number of piperidine rings is 2. The van der Waals surface area contributed by atoms with Crippen LogP contribution in [0.4, 0.5) is 8.78 Å². The lowest BCUT2D eigenvalue weighted by Crippen LogP contribution is -2.55. The molecule has 0 radical (unpaired) electrons. The molecule has 2 heterocycles. The van der Waals surface area contributed by atoms with Crippen molar-refractivity contribution in [2.24, 2.45) is 5.41 Å². The second-order valence-corrected chi connectivity index (χ2v) is 9.80. The van der Waals surface area contributed by atoms with Gasteiger partial charge in [-0.3, -0.25) is 9.59 Å². The number of benzene rings is 2. The topological polar surface area (TPSA) is 69.6 Å². The van der Waals surface area contributed by atoms with Gasteiger partial charge in [-0.1, -0.05) is 18.2 Å². The van der Waals surface area contributed by atoms with Crippen LogP contribution in [0.15, 0.2) is 46.9 Å². The van der Waals surface area contributed by atoms with Crippen LogP contribution in [0.2, 0.25) is 0 Å². The van der Waals surface area contributed by atoms with E-state index in [4.69, 9.17) is 0 Å². The Hall–Kier alpha value is -2.32. The van der Waals surface area contributed by atoms with Crippen molar-refractivity contribution in [3.8, 4) is 0 Å². The van der Waals surface area contributed by atoms with Crippen molar-refractivity contribution in [3.63, 3.8) is 0 Å². The van der Waals surface area contributed by atoms with E-state index in [1.165, 1.54) is 37.3 Å². The zero-order valence-electron chi connectivity index (χ0n) is 17.7. The summed E-state index contributed by atoms with van der Waals surface area (Å²) >= 11 is 3.10. The van der Waals surface area contributed by atoms with E-state index in [9.17, 15) is 23.5 Å². The first-order valence-corrected chi connectivity index (χ1v) is 11.4. The van der Waals surface area contributed by atoms with E-state index < -0.39 is 17.3 Å². The molecule has 2 N–H and O–H groups in total. The highest BCUT2D eigenvalue weighted by atomic mass is 79.9. The van der Waals surface area contributed by atoms with Crippen LogP contribution in [0.3, 0.4) is 0 Å². The van der Waals surface area contributed by atoms with E-state index in [-0.39, 0.29) is 27.5 Å². The molecule has 2 aromatic rings. The first kappa shape index (κ1) is 22.9. The molecular weight excluding hydrogens is 482 g/mol. The van der Waals surface area contributed by atoms with E-state index in [0.29, 0.717) is 44.5 Å². The second kappa shape index (κ2) is 8.56. The van der Waals surface area contributed by atoms with Crippen molar-refractivity contribution in [1.29, 1.82) is 0 Å². The van der Waals surface area contributed by atoms with Crippen molar-refractivity contribution in [2.45, 2.75) is 37.7 Å². The van der Waals surface area contributed by atoms with Crippen LogP contribution in [0.1, 0.15) is 43.2 Å². The van der Waals surface area contributed by atoms with Crippen molar-refractivity contribution in [3.05, 3.63) is 69.7 Å². The Kier molecular flexibility index (Phi) is 6.11. The van der Waals surface area contributed by atoms with Crippen LogP contribution in [0.25, 0.3) is 0 Å². The average molecular weight is 507 g/mol. The summed E-state index contributed by atoms with van der Waals surface area (Å²) in [5, 5.41) is 13.9. The molecule has 2 atom stereocenters. The van der Waals surface area contributed by atoms with E-state index >= 15 is 0 Å². The molecule has 0 saturated carbocycles. The van der Waals surface area contributed by atoms with E-state index in [2.05, 4.69) is 21.2 Å². The van der Waals surface area contributed by atoms with Gasteiger partial charge in [-0.25, -0.2) is 8.78 Å². The molecule has 0 bridgehead atoms. The Balaban J connectivity index is 1.53. The van der Waals surface area contributed by atoms with Crippen LogP contribution in [0.5, 0.6) is 0 Å². The van der Waals surface area contributed by atoms with Crippen LogP contribution in [0, 0.1) is 17.0 Å². The molecular formula is C24H25BrF2N2O3. The number of halogens is 3. The number of hydrogen-bond donors (Lipinski definition) is 2. The molecule has 2 aliphatic rings. The first-order chi connectivity index (χ1) is 15.1. The molecule has 8 heteroatoms. The number of likely N-dealkylation sites (tertiary alicyclic amines) is 1. The highest BCUT2D eigenvalue weighted by molar-refractivity contribution is 9.10. The number of amides is 2. The maximum Gasteiger partial charge on any atom is 0.258 e. The molecule has 2 amide bonds. The van der Waals surface area contributed by atoms with Crippen LogP contribution in [-0.2, 0) is 15.2 Å². The highest BCUT2D eigenvalue weighted by Gasteiger charge is 2.48. The first-order valence-electron chi connectivity index (χ1n) is 10.6. The van der Waals surface area contributed by atoms with Crippen LogP contribution in [-0.4, -0.2) is 41.5 Å². The van der Waals surface area contributed by atoms with Gasteiger partial charge in [0.15, 0.2) is 5.60 Å². The normalized spacial score (nSPS) is 22.3. The van der Waals surface area contributed by atoms with Crippen molar-refractivity contribution >= 4 is 27.7 Å². The molecule has 2 fully saturated rings. The van der Waals surface area contributed by atoms with E-state index in [1.807, 2.05) is 0 Å². The van der Waals surface area contributed by atoms with Crippen LogP contribution < -0.4 is 5.32 Å². The van der Waals surface area contributed by atoms with Gasteiger partial charge in [0.2, 0.25) is 5.91 Å². The summed E-state index contributed by atoms with van der Waals surface area (Å²) in [6.45, 7) is 2.67. The Morgan fingerprint density at radius 3 is 2.47 bits per heavy atom. The smallest absolute Gasteiger partial charge is 0.258 e. The van der Waals surface area contributed by atoms with Crippen molar-refractivity contribution in [1.82, 2.24) is 10.2 Å². The Bertz CT molecular complexity index is 1030. The fourth-order valence-corrected chi connectivity index (χ4v) is 5.39. The van der Waals surface area contributed by atoms with Gasteiger partial charge in [0.1, 0.15) is 11.6 Å². The maximum absolute atomic E-state index is 13.6. The zero-order valence-corrected chi connectivity index (χ0v) is 19.3. The molecule has 0 aromatic heterocycles. The molecule has 170 valence electrons. The number of nitrogens with one attached hydrogen (secondary N) is 1. The minimum atomic E-state index is -1.80. The second-order valence-electron chi connectivity index (χ2n) is 8.94. The Labute approximate surface area is 193 Å². The number of hydrogen-bond acceptors (Lipinski definition) is 3. The monoisotopic (exact) mass is 506 g/mol. The standard InChI is InChI=1S/C24H25BrF2N2O3/c1-23(32,16-4-7-20(27)19(25)12-16)22(31)29-10-8-24(9-11-29)13-21(30)28-14-18(24)15-2-5-17(26)6-3-15/h2-7,12,18,32H,8-11,13-14H2,1H3,(H,28,30)/t18-,23?/m0/s1. The zero-order chi connectivity index (χ0) is 23.1. The Morgan fingerprint density at radius 2 is 1.84 bits per heavy atom. The molecule has 4 rings (SSSR count). The SMILES string of the molecule is CC(O)(C(=O)N1CCC2(CC1)CC(=O)NC[C@H]2c1ccc(F)cc1)c1ccc(F)c(Br)c1. The third-order valence-corrected chi connectivity index (χ3v) is 7.58. The number of rotatable bonds is 3. The summed E-state index contributed by atoms with van der Waals surface area (Å²) in [4.78, 5) is 27.1. The van der Waals surface area contributed by atoms with E-state index in [1.54, 1.807) is 17.0 Å². The molecule has 0 aliphatic carbocycles. The number of nitrogens with zero attached hydrogens (tertiary/aromatic N) is 1. The molecule has 2 aliphatic heterocycles. The van der Waals surface area contributed by atoms with Gasteiger partial charge in [0, 0.05) is 32.0 Å². The third-order valence-electron chi connectivity index (χ3n) is 6.97. The van der Waals surface area contributed by atoms with Gasteiger partial charge in [-0.2, -0.15) is 0 Å². The van der Waals surface area contributed by atoms with Gasteiger partial charge in [-0.15, -0.1) is 0 Å². The lowest BCUT2D eigenvalue weighted by atomic mass is 9.62. The third kappa shape index (κ3) is 4.18. The van der Waals surface area contributed by atoms with E-state index in [0.717, 1.165) is 5.56 Å². The molecule has 5 nitrogen and oxygen atoms in total. The Morgan fingerprint density at radius 1 is 1.19 bits per heavy atom. The van der Waals surface area contributed by atoms with Gasteiger partial charge < -0.3 is 15.3 Å². The highest BCUT2D eigenvalue weighted by Crippen LogP contribution is 2.49. The maximum atomic E-state index is 13.6. The minimum absolute atomic E-state index is 0.0200. The van der Waals surface area contributed by atoms with Gasteiger partial charge >= 0.3 is 0 Å². The molecule has 32 heavy (non-hydrogen) atoms. The van der Waals surface area contributed by atoms with Crippen LogP contribution >= 0.6 is 15.9 Å². The summed E-state index contributed by atoms with van der Waals surface area (Å²) in [6.07, 6.45) is 1.53. The van der Waals surface area contributed by atoms with Gasteiger partial charge in [-0.05, 0) is 76.5 Å². The molecule has 2 saturated heterocycles. The largest absolute Gasteiger partial charge is 0.376 e. The lowest BCUT2D eigenvalue weighted by molar-refractivity contribution is -0.154. The minimum Gasteiger partial charge on any atom is -0.376 e. The number of carbonyl (C=O) groups is 2. The molecule has 1 spiro atoms. The summed E-state index contributed by atoms with van der Waals surface area (Å²) in [5.41, 5.74) is -0.866. The summed E-state index contributed by atoms with van der Waals surface area (Å²) < 4.78 is 27.2. The average Bonchev–Trinajstić information content (AvgIpc) is 2.76. The van der Waals surface area contributed by atoms with Gasteiger partial charge in [0.25, 0.3) is 5.91 Å². The number of aliphatic hydroxyl groups is 1. The molecule has 2 aromatic carbocycles. The fraction of sp³-hybridized carbons (Fsp3) is 0.417.